The maximum Gasteiger partial charge on any atom is 0.320 e. The van der Waals surface area contributed by atoms with E-state index in [-0.39, 0.29) is 97.6 Å². The highest BCUT2D eigenvalue weighted by atomic mass is 35.5. The number of aryl methyl sites for hydroxylation is 3. The smallest absolute Gasteiger partial charge is 0.320 e. The summed E-state index contributed by atoms with van der Waals surface area (Å²) >= 11 is 8.09. The summed E-state index contributed by atoms with van der Waals surface area (Å²) in [6.07, 6.45) is 4.62. The number of carbonyl (C=O) groups excluding carboxylic acids is 6. The van der Waals surface area contributed by atoms with Crippen molar-refractivity contribution in [3.63, 3.8) is 0 Å². The SMILES string of the molecule is Cc1cc(Nc2ncc(Cl)c(Nc3ccccc3S(=O)(=O)C(C)C)n2)c(OC(C)C)cc1C1CCN(C(=O)CCCC(=O)N[C@H](C(=O)N2C[C@H](OC(=O)CCCCn3cc(CN[C@@H](CCC(N)=O)C(=O)O)nn3)C[C@H]2C(=O)N[C@@H](C)c2ccc(-c3scnc3C)cc2)C(C)(C)C)CC1. The maximum atomic E-state index is 15.0. The van der Waals surface area contributed by atoms with Gasteiger partial charge in [0.05, 0.1) is 68.2 Å². The van der Waals surface area contributed by atoms with Crippen molar-refractivity contribution in [1.82, 2.24) is 55.7 Å². The van der Waals surface area contributed by atoms with Crippen LogP contribution >= 0.6 is 22.9 Å². The molecule has 5 atom stereocenters. The number of aromatic nitrogens is 6. The summed E-state index contributed by atoms with van der Waals surface area (Å²) in [6.45, 7) is 19.7. The van der Waals surface area contributed by atoms with Gasteiger partial charge in [-0.15, -0.1) is 16.4 Å². The molecule has 5 heterocycles. The molecule has 2 saturated heterocycles. The lowest BCUT2D eigenvalue weighted by Crippen LogP contribution is -2.57. The molecule has 0 radical (unpaired) electrons. The molecule has 8 rings (SSSR count). The van der Waals surface area contributed by atoms with E-state index in [2.05, 4.69) is 51.8 Å². The Balaban J connectivity index is 0.856. The summed E-state index contributed by atoms with van der Waals surface area (Å²) in [5.41, 5.74) is 12.3. The second kappa shape index (κ2) is 33.8. The standard InChI is InChI=1S/C69H91ClN14O12S2/c1-40(2)95-56-34-50(42(5)32-54(56)77-68-73-36-51(70)64(79-68)76-52-16-11-12-17-57(52)98(93,94)41(3)4)46-27-30-82(31-28-46)60(87)19-15-18-59(86)78-63(69(8,9)10)66(90)84-38-49(33-55(84)65(89)75-43(6)45-21-23-47(24-22-45)62-44(7)74-39-97-62)96-61(88)20-13-14-29-83-37-48(80-81-83)35-72-53(67(91)92)25-26-58(71)85/h11-12,16-17,21-24,32,34,36-37,39-41,43,46,49,53,55,63,72H,13-15,18-20,25-31,33,35,38H2,1-10H3,(H2,71,85)(H,75,89)(H,78,86)(H,91,92)(H2,73,76,77,79)/t43-,49+,53-,55-,63+/m0/s1. The topological polar surface area (TPSA) is 354 Å². The Kier molecular flexibility index (Phi) is 25.9. The maximum absolute atomic E-state index is 15.0. The van der Waals surface area contributed by atoms with Crippen LogP contribution in [-0.2, 0) is 61.2 Å². The first kappa shape index (κ1) is 75.2. The number of thiazole rings is 1. The van der Waals surface area contributed by atoms with Gasteiger partial charge in [0.25, 0.3) is 0 Å². The number of rotatable bonds is 32. The van der Waals surface area contributed by atoms with Crippen LogP contribution in [0, 0.1) is 19.3 Å². The Morgan fingerprint density at radius 3 is 2.26 bits per heavy atom. The number of aliphatic carboxylic acids is 1. The third kappa shape index (κ3) is 20.3. The van der Waals surface area contributed by atoms with Gasteiger partial charge in [-0.1, -0.05) is 74.0 Å². The van der Waals surface area contributed by atoms with Crippen LogP contribution in [-0.4, -0.2) is 150 Å². The average Bonchev–Trinajstić information content (AvgIpc) is 1.74. The van der Waals surface area contributed by atoms with Crippen molar-refractivity contribution >= 4 is 97.4 Å². The number of nitrogens with zero attached hydrogens (tertiary/aromatic N) is 8. The van der Waals surface area contributed by atoms with Crippen LogP contribution in [0.25, 0.3) is 10.4 Å². The van der Waals surface area contributed by atoms with Crippen LogP contribution in [0.4, 0.5) is 23.1 Å². The van der Waals surface area contributed by atoms with Crippen LogP contribution in [0.15, 0.2) is 83.5 Å². The molecule has 2 aliphatic heterocycles. The van der Waals surface area contributed by atoms with Crippen molar-refractivity contribution in [3.8, 4) is 16.2 Å². The minimum absolute atomic E-state index is 0.0119. The molecule has 8 N–H and O–H groups in total. The molecular weight excluding hydrogens is 1320 g/mol. The number of para-hydroxylation sites is 1. The highest BCUT2D eigenvalue weighted by Crippen LogP contribution is 2.40. The number of sulfone groups is 1. The van der Waals surface area contributed by atoms with Gasteiger partial charge in [-0.2, -0.15) is 4.98 Å². The first-order valence-electron chi connectivity index (χ1n) is 33.2. The number of hydrogen-bond acceptors (Lipinski definition) is 20. The minimum Gasteiger partial charge on any atom is -0.489 e. The molecule has 98 heavy (non-hydrogen) atoms. The predicted molar refractivity (Wildman–Crippen MR) is 373 cm³/mol. The molecule has 2 fully saturated rings. The summed E-state index contributed by atoms with van der Waals surface area (Å²) in [7, 11) is -3.64. The number of nitrogens with one attached hydrogen (secondary N) is 5. The van der Waals surface area contributed by atoms with E-state index in [9.17, 15) is 47.1 Å². The summed E-state index contributed by atoms with van der Waals surface area (Å²) in [5, 5.41) is 32.5. The zero-order valence-electron chi connectivity index (χ0n) is 57.2. The predicted octanol–water partition coefficient (Wildman–Crippen LogP) is 9.39. The van der Waals surface area contributed by atoms with E-state index >= 15 is 0 Å². The van der Waals surface area contributed by atoms with Crippen molar-refractivity contribution < 1.29 is 56.6 Å². The summed E-state index contributed by atoms with van der Waals surface area (Å²) < 4.78 is 40.3. The van der Waals surface area contributed by atoms with Crippen molar-refractivity contribution in [2.45, 2.75) is 205 Å². The number of benzene rings is 3. The molecule has 3 aromatic heterocycles. The van der Waals surface area contributed by atoms with Gasteiger partial charge < -0.3 is 51.4 Å². The van der Waals surface area contributed by atoms with Crippen LogP contribution in [0.2, 0.25) is 5.02 Å². The van der Waals surface area contributed by atoms with Gasteiger partial charge in [0.1, 0.15) is 35.0 Å². The molecule has 0 aliphatic carbocycles. The van der Waals surface area contributed by atoms with Crippen LogP contribution in [0.5, 0.6) is 5.75 Å². The number of esters is 1. The van der Waals surface area contributed by atoms with E-state index in [0.717, 1.165) is 32.8 Å². The molecule has 0 bridgehead atoms. The number of primary amides is 1. The minimum atomic E-state index is -3.64. The lowest BCUT2D eigenvalue weighted by atomic mass is 9.85. The van der Waals surface area contributed by atoms with E-state index in [0.29, 0.717) is 68.1 Å². The normalized spacial score (nSPS) is 16.1. The number of carboxylic acids is 1. The Bertz CT molecular complexity index is 3930. The number of carbonyl (C=O) groups is 7. The van der Waals surface area contributed by atoms with Crippen LogP contribution in [0.1, 0.15) is 166 Å². The molecule has 0 spiro atoms. The van der Waals surface area contributed by atoms with Crippen molar-refractivity contribution in [1.29, 1.82) is 0 Å². The van der Waals surface area contributed by atoms with Crippen molar-refractivity contribution in [2.24, 2.45) is 11.1 Å². The third-order valence-corrected chi connectivity index (χ3v) is 20.8. The molecule has 0 saturated carbocycles. The third-order valence-electron chi connectivity index (χ3n) is 17.3. The Morgan fingerprint density at radius 1 is 0.867 bits per heavy atom. The number of halogens is 1. The van der Waals surface area contributed by atoms with Gasteiger partial charge in [0, 0.05) is 64.5 Å². The van der Waals surface area contributed by atoms with E-state index in [1.54, 1.807) is 48.4 Å². The molecular formula is C69H91ClN14O12S2. The first-order valence-corrected chi connectivity index (χ1v) is 36.0. The van der Waals surface area contributed by atoms with E-state index in [1.807, 2.05) is 96.7 Å². The van der Waals surface area contributed by atoms with Crippen molar-refractivity contribution in [3.05, 3.63) is 112 Å². The van der Waals surface area contributed by atoms with E-state index in [4.69, 9.17) is 26.8 Å². The lowest BCUT2D eigenvalue weighted by Gasteiger charge is -2.35. The molecule has 6 aromatic rings. The average molecular weight is 1410 g/mol. The highest BCUT2D eigenvalue weighted by molar-refractivity contribution is 7.92. The van der Waals surface area contributed by atoms with Gasteiger partial charge in [-0.05, 0) is 145 Å². The number of likely N-dealkylation sites (tertiary alicyclic amines) is 2. The Hall–Kier alpha value is -8.60. The van der Waals surface area contributed by atoms with E-state index < -0.39 is 86.3 Å². The van der Waals surface area contributed by atoms with Crippen molar-refractivity contribution in [2.75, 3.05) is 30.3 Å². The summed E-state index contributed by atoms with van der Waals surface area (Å²) in [4.78, 5) is 111. The molecule has 3 aromatic carbocycles. The second-order valence-corrected chi connectivity index (χ2v) is 30.4. The van der Waals surface area contributed by atoms with Crippen LogP contribution in [0.3, 0.4) is 0 Å². The summed E-state index contributed by atoms with van der Waals surface area (Å²) in [5.74, 6) is -2.66. The Morgan fingerprint density at radius 2 is 1.59 bits per heavy atom. The number of piperidine rings is 1. The monoisotopic (exact) mass is 1410 g/mol. The zero-order valence-corrected chi connectivity index (χ0v) is 59.6. The van der Waals surface area contributed by atoms with Gasteiger partial charge in [-0.25, -0.2) is 18.4 Å². The molecule has 0 unspecified atom stereocenters. The first-order chi connectivity index (χ1) is 46.4. The van der Waals surface area contributed by atoms with E-state index in [1.165, 1.54) is 28.5 Å². The molecule has 26 nitrogen and oxygen atoms in total. The number of amides is 5. The van der Waals surface area contributed by atoms with Gasteiger partial charge in [0.2, 0.25) is 35.5 Å². The fraction of sp³-hybridized carbons (Fsp3) is 0.507. The largest absolute Gasteiger partial charge is 0.489 e. The number of hydrogen-bond donors (Lipinski definition) is 7. The molecule has 5 amide bonds. The number of carboxylic acid groups (broad SMARTS) is 1. The molecule has 29 heteroatoms. The highest BCUT2D eigenvalue weighted by Gasteiger charge is 2.46. The second-order valence-electron chi connectivity index (χ2n) is 26.7. The number of unbranched alkanes of at least 4 members (excludes halogenated alkanes) is 1. The molecule has 528 valence electrons. The molecule has 2 aliphatic rings. The van der Waals surface area contributed by atoms with Gasteiger partial charge >= 0.3 is 11.9 Å². The van der Waals surface area contributed by atoms with Gasteiger partial charge in [0.15, 0.2) is 15.7 Å². The number of nitrogens with two attached hydrogens (primary N) is 1. The number of anilines is 4. The fourth-order valence-corrected chi connectivity index (χ4v) is 14.0. The zero-order chi connectivity index (χ0) is 71.2. The quantitative estimate of drug-likeness (QED) is 0.0153. The summed E-state index contributed by atoms with van der Waals surface area (Å²) in [6, 6.07) is 14.7. The van der Waals surface area contributed by atoms with Crippen LogP contribution < -0.4 is 37.1 Å². The number of ether oxygens (including phenoxy) is 2. The fourth-order valence-electron chi connectivity index (χ4n) is 11.9. The lowest BCUT2D eigenvalue weighted by molar-refractivity contribution is -0.150. The Labute approximate surface area is 581 Å². The van der Waals surface area contributed by atoms with Gasteiger partial charge in [-0.3, -0.25) is 43.6 Å².